The molecule has 1 heterocycles. The molecule has 1 aromatic carbocycles. The number of hydrogen-bond acceptors (Lipinski definition) is 3. The van der Waals surface area contributed by atoms with Crippen LogP contribution in [0.2, 0.25) is 5.02 Å². The van der Waals surface area contributed by atoms with Crippen molar-refractivity contribution in [2.75, 3.05) is 6.61 Å². The zero-order valence-electron chi connectivity index (χ0n) is 7.83. The Bertz CT molecular complexity index is 551. The zero-order valence-corrected chi connectivity index (χ0v) is 8.58. The molecular formula is C10H9ClN2O2. The first-order chi connectivity index (χ1) is 7.22. The average Bonchev–Trinajstić information content (AvgIpc) is 2.22. The molecule has 0 saturated heterocycles. The lowest BCUT2D eigenvalue weighted by Gasteiger charge is -2.00. The number of rotatable bonds is 2. The maximum Gasteiger partial charge on any atom is 0.211 e. The molecule has 0 radical (unpaired) electrons. The second-order valence-corrected chi connectivity index (χ2v) is 3.60. The molecule has 0 atom stereocenters. The van der Waals surface area contributed by atoms with Gasteiger partial charge in [0.15, 0.2) is 0 Å². The van der Waals surface area contributed by atoms with Crippen LogP contribution in [0.3, 0.4) is 0 Å². The minimum Gasteiger partial charge on any atom is -0.396 e. The number of hydrogen-bond donors (Lipinski definition) is 2. The lowest BCUT2D eigenvalue weighted by Crippen LogP contribution is -2.14. The molecule has 0 amide bonds. The molecule has 0 spiro atoms. The van der Waals surface area contributed by atoms with Crippen molar-refractivity contribution >= 4 is 22.5 Å². The predicted molar refractivity (Wildman–Crippen MR) is 58.2 cm³/mol. The molecule has 78 valence electrons. The molecule has 2 rings (SSSR count). The van der Waals surface area contributed by atoms with Gasteiger partial charge in [0.05, 0.1) is 5.52 Å². The molecule has 5 heteroatoms. The van der Waals surface area contributed by atoms with E-state index in [0.717, 1.165) is 0 Å². The van der Waals surface area contributed by atoms with Crippen LogP contribution < -0.4 is 5.43 Å². The van der Waals surface area contributed by atoms with E-state index in [1.165, 1.54) is 0 Å². The van der Waals surface area contributed by atoms with E-state index < -0.39 is 0 Å². The first kappa shape index (κ1) is 10.1. The van der Waals surface area contributed by atoms with Crippen LogP contribution in [0.25, 0.3) is 10.9 Å². The first-order valence-corrected chi connectivity index (χ1v) is 4.88. The van der Waals surface area contributed by atoms with E-state index in [-0.39, 0.29) is 18.5 Å². The SMILES string of the molecule is O=c1c(CCO)n[nH]c2cc(Cl)ccc12. The summed E-state index contributed by atoms with van der Waals surface area (Å²) in [6.45, 7) is -0.0881. The Labute approximate surface area is 90.5 Å². The summed E-state index contributed by atoms with van der Waals surface area (Å²) in [5.74, 6) is 0. The molecular weight excluding hydrogens is 216 g/mol. The molecule has 15 heavy (non-hydrogen) atoms. The summed E-state index contributed by atoms with van der Waals surface area (Å²) < 4.78 is 0. The van der Waals surface area contributed by atoms with Crippen LogP contribution >= 0.6 is 11.6 Å². The fourth-order valence-electron chi connectivity index (χ4n) is 1.42. The van der Waals surface area contributed by atoms with Crippen molar-refractivity contribution in [3.63, 3.8) is 0 Å². The van der Waals surface area contributed by atoms with Gasteiger partial charge in [0, 0.05) is 23.4 Å². The van der Waals surface area contributed by atoms with Crippen molar-refractivity contribution in [3.05, 3.63) is 39.1 Å². The minimum atomic E-state index is -0.158. The Balaban J connectivity index is 2.69. The molecule has 2 N–H and O–H groups in total. The largest absolute Gasteiger partial charge is 0.396 e. The van der Waals surface area contributed by atoms with E-state index in [0.29, 0.717) is 21.6 Å². The number of nitrogens with zero attached hydrogens (tertiary/aromatic N) is 1. The zero-order chi connectivity index (χ0) is 10.8. The van der Waals surface area contributed by atoms with E-state index >= 15 is 0 Å². The number of nitrogens with one attached hydrogen (secondary N) is 1. The summed E-state index contributed by atoms with van der Waals surface area (Å²) in [6.07, 6.45) is 0.258. The normalized spacial score (nSPS) is 10.8. The molecule has 0 saturated carbocycles. The summed E-state index contributed by atoms with van der Waals surface area (Å²) in [6, 6.07) is 4.95. The van der Waals surface area contributed by atoms with Crippen molar-refractivity contribution in [2.24, 2.45) is 0 Å². The van der Waals surface area contributed by atoms with Gasteiger partial charge in [-0.3, -0.25) is 9.89 Å². The minimum absolute atomic E-state index is 0.0881. The van der Waals surface area contributed by atoms with Crippen LogP contribution in [0.15, 0.2) is 23.0 Å². The van der Waals surface area contributed by atoms with Crippen molar-refractivity contribution in [2.45, 2.75) is 6.42 Å². The van der Waals surface area contributed by atoms with Crippen LogP contribution in [0.4, 0.5) is 0 Å². The van der Waals surface area contributed by atoms with Gasteiger partial charge in [-0.25, -0.2) is 0 Å². The summed E-state index contributed by atoms with van der Waals surface area (Å²) in [4.78, 5) is 11.8. The highest BCUT2D eigenvalue weighted by Crippen LogP contribution is 2.14. The Morgan fingerprint density at radius 2 is 2.27 bits per heavy atom. The molecule has 0 aliphatic carbocycles. The fourth-order valence-corrected chi connectivity index (χ4v) is 1.59. The quantitative estimate of drug-likeness (QED) is 0.803. The van der Waals surface area contributed by atoms with Crippen LogP contribution in [0.5, 0.6) is 0 Å². The third-order valence-corrected chi connectivity index (χ3v) is 2.38. The molecule has 2 aromatic rings. The van der Waals surface area contributed by atoms with Crippen molar-refractivity contribution in [1.82, 2.24) is 10.2 Å². The summed E-state index contributed by atoms with van der Waals surface area (Å²) >= 11 is 5.78. The number of benzene rings is 1. The lowest BCUT2D eigenvalue weighted by molar-refractivity contribution is 0.297. The van der Waals surface area contributed by atoms with Gasteiger partial charge in [-0.05, 0) is 18.2 Å². The highest BCUT2D eigenvalue weighted by atomic mass is 35.5. The second kappa shape index (κ2) is 4.00. The van der Waals surface area contributed by atoms with E-state index in [1.807, 2.05) is 0 Å². The lowest BCUT2D eigenvalue weighted by atomic mass is 10.2. The van der Waals surface area contributed by atoms with E-state index in [1.54, 1.807) is 18.2 Å². The van der Waals surface area contributed by atoms with Crippen LogP contribution in [0, 0.1) is 0 Å². The van der Waals surface area contributed by atoms with Crippen LogP contribution in [0.1, 0.15) is 5.69 Å². The van der Waals surface area contributed by atoms with Gasteiger partial charge in [-0.2, -0.15) is 5.10 Å². The van der Waals surface area contributed by atoms with Crippen molar-refractivity contribution in [1.29, 1.82) is 0 Å². The standard InChI is InChI=1S/C10H9ClN2O2/c11-6-1-2-7-9(5-6)13-12-8(3-4-14)10(7)15/h1-2,5,14H,3-4H2,(H,13,15). The van der Waals surface area contributed by atoms with Gasteiger partial charge >= 0.3 is 0 Å². The van der Waals surface area contributed by atoms with Crippen molar-refractivity contribution < 1.29 is 5.11 Å². The van der Waals surface area contributed by atoms with Crippen LogP contribution in [-0.4, -0.2) is 21.9 Å². The molecule has 0 aliphatic rings. The number of aromatic amines is 1. The van der Waals surface area contributed by atoms with Gasteiger partial charge in [0.25, 0.3) is 0 Å². The topological polar surface area (TPSA) is 66.0 Å². The maximum absolute atomic E-state index is 11.8. The third-order valence-electron chi connectivity index (χ3n) is 2.15. The van der Waals surface area contributed by atoms with Gasteiger partial charge < -0.3 is 5.11 Å². The first-order valence-electron chi connectivity index (χ1n) is 4.50. The fraction of sp³-hybridized carbons (Fsp3) is 0.200. The number of aliphatic hydroxyl groups excluding tert-OH is 1. The molecule has 0 bridgehead atoms. The monoisotopic (exact) mass is 224 g/mol. The summed E-state index contributed by atoms with van der Waals surface area (Å²) in [5, 5.41) is 16.5. The van der Waals surface area contributed by atoms with E-state index in [2.05, 4.69) is 10.2 Å². The van der Waals surface area contributed by atoms with Gasteiger partial charge in [-0.1, -0.05) is 11.6 Å². The molecule has 4 nitrogen and oxygen atoms in total. The average molecular weight is 225 g/mol. The highest BCUT2D eigenvalue weighted by molar-refractivity contribution is 6.31. The van der Waals surface area contributed by atoms with Gasteiger partial charge in [0.1, 0.15) is 5.69 Å². The molecule has 0 aliphatic heterocycles. The summed E-state index contributed by atoms with van der Waals surface area (Å²) in [7, 11) is 0. The number of H-pyrrole nitrogens is 1. The Morgan fingerprint density at radius 1 is 1.47 bits per heavy atom. The number of fused-ring (bicyclic) bond motifs is 1. The third kappa shape index (κ3) is 1.86. The number of halogens is 1. The number of aliphatic hydroxyl groups is 1. The molecule has 0 fully saturated rings. The Morgan fingerprint density at radius 3 is 3.00 bits per heavy atom. The predicted octanol–water partition coefficient (Wildman–Crippen LogP) is 1.11. The van der Waals surface area contributed by atoms with E-state index in [9.17, 15) is 4.79 Å². The Kier molecular flexibility index (Phi) is 2.70. The van der Waals surface area contributed by atoms with E-state index in [4.69, 9.17) is 16.7 Å². The highest BCUT2D eigenvalue weighted by Gasteiger charge is 2.06. The molecule has 1 aromatic heterocycles. The van der Waals surface area contributed by atoms with Gasteiger partial charge in [0.2, 0.25) is 5.43 Å². The number of aromatic nitrogens is 2. The van der Waals surface area contributed by atoms with Crippen molar-refractivity contribution in [3.8, 4) is 0 Å². The smallest absolute Gasteiger partial charge is 0.211 e. The second-order valence-electron chi connectivity index (χ2n) is 3.16. The van der Waals surface area contributed by atoms with Gasteiger partial charge in [-0.15, -0.1) is 0 Å². The van der Waals surface area contributed by atoms with Crippen LogP contribution in [-0.2, 0) is 6.42 Å². The Hall–Kier alpha value is -1.39. The molecule has 0 unspecified atom stereocenters. The maximum atomic E-state index is 11.8. The summed E-state index contributed by atoms with van der Waals surface area (Å²) in [5.41, 5.74) is 0.788.